The van der Waals surface area contributed by atoms with Gasteiger partial charge in [0.25, 0.3) is 5.56 Å². The number of thioether (sulfide) groups is 1. The Kier molecular flexibility index (Phi) is 7.36. The highest BCUT2D eigenvalue weighted by Crippen LogP contribution is 2.23. The molecule has 9 heteroatoms. The van der Waals surface area contributed by atoms with Crippen molar-refractivity contribution in [1.82, 2.24) is 14.9 Å². The van der Waals surface area contributed by atoms with Gasteiger partial charge in [-0.25, -0.2) is 13.8 Å². The van der Waals surface area contributed by atoms with Crippen LogP contribution in [0.5, 0.6) is 0 Å². The lowest BCUT2D eigenvalue weighted by Crippen LogP contribution is -2.42. The lowest BCUT2D eigenvalue weighted by Gasteiger charge is -2.17. The highest BCUT2D eigenvalue weighted by molar-refractivity contribution is 7.99. The Balaban J connectivity index is 1.61. The van der Waals surface area contributed by atoms with Crippen LogP contribution in [-0.4, -0.2) is 33.0 Å². The average Bonchev–Trinajstić information content (AvgIpc) is 2.84. The molecule has 1 amide bonds. The maximum atomic E-state index is 14.6. The number of hydrogen-bond donors (Lipinski definition) is 1. The van der Waals surface area contributed by atoms with Gasteiger partial charge >= 0.3 is 0 Å². The zero-order valence-corrected chi connectivity index (χ0v) is 19.5. The summed E-state index contributed by atoms with van der Waals surface area (Å²) >= 11 is 0.920. The summed E-state index contributed by atoms with van der Waals surface area (Å²) in [4.78, 5) is 42.5. The van der Waals surface area contributed by atoms with Crippen LogP contribution in [0.3, 0.4) is 0 Å². The quantitative estimate of drug-likeness (QED) is 0.296. The number of Topliss-reactive ketones (excluding diaryl/α,β-unsaturated/α-hetero) is 1. The predicted molar refractivity (Wildman–Crippen MR) is 131 cm³/mol. The molecule has 1 heterocycles. The molecule has 1 aromatic heterocycles. The fourth-order valence-corrected chi connectivity index (χ4v) is 4.41. The number of hydrogen-bond acceptors (Lipinski definition) is 5. The van der Waals surface area contributed by atoms with Crippen LogP contribution in [0.15, 0.2) is 82.7 Å². The van der Waals surface area contributed by atoms with E-state index in [2.05, 4.69) is 10.3 Å². The minimum Gasteiger partial charge on any atom is -0.345 e. The second-order valence-electron chi connectivity index (χ2n) is 7.86. The van der Waals surface area contributed by atoms with E-state index in [1.807, 2.05) is 30.3 Å². The SMILES string of the molecule is CC(=O)C(Cc1ccccc1)NC(=O)CSc1nc2ccccc2c(=O)n1-c1ccc(F)cc1F. The van der Waals surface area contributed by atoms with Crippen molar-refractivity contribution in [2.24, 2.45) is 0 Å². The highest BCUT2D eigenvalue weighted by atomic mass is 32.2. The van der Waals surface area contributed by atoms with Gasteiger partial charge in [-0.2, -0.15) is 0 Å². The number of carbonyl (C=O) groups is 2. The third kappa shape index (κ3) is 5.63. The van der Waals surface area contributed by atoms with Gasteiger partial charge in [0, 0.05) is 6.07 Å². The number of benzene rings is 3. The van der Waals surface area contributed by atoms with E-state index in [1.165, 1.54) is 6.92 Å². The minimum absolute atomic E-state index is 0.0665. The Bertz CT molecular complexity index is 1460. The van der Waals surface area contributed by atoms with Crippen molar-refractivity contribution in [1.29, 1.82) is 0 Å². The van der Waals surface area contributed by atoms with Crippen LogP contribution in [-0.2, 0) is 16.0 Å². The van der Waals surface area contributed by atoms with Gasteiger partial charge in [-0.3, -0.25) is 19.0 Å². The van der Waals surface area contributed by atoms with Crippen molar-refractivity contribution in [3.63, 3.8) is 0 Å². The molecule has 0 radical (unpaired) electrons. The molecule has 0 fully saturated rings. The summed E-state index contributed by atoms with van der Waals surface area (Å²) in [6.07, 6.45) is 0.340. The number of nitrogens with zero attached hydrogens (tertiary/aromatic N) is 2. The van der Waals surface area contributed by atoms with E-state index in [0.717, 1.165) is 34.0 Å². The number of nitrogens with one attached hydrogen (secondary N) is 1. The number of aromatic nitrogens is 2. The molecule has 6 nitrogen and oxygen atoms in total. The Morgan fingerprint density at radius 2 is 1.74 bits per heavy atom. The molecule has 0 aliphatic carbocycles. The van der Waals surface area contributed by atoms with Gasteiger partial charge in [0.15, 0.2) is 10.9 Å². The molecule has 178 valence electrons. The zero-order chi connectivity index (χ0) is 24.9. The molecule has 3 aromatic carbocycles. The third-order valence-electron chi connectivity index (χ3n) is 5.34. The van der Waals surface area contributed by atoms with E-state index >= 15 is 0 Å². The first-order chi connectivity index (χ1) is 16.8. The summed E-state index contributed by atoms with van der Waals surface area (Å²) in [7, 11) is 0. The molecule has 0 aliphatic heterocycles. The first kappa shape index (κ1) is 24.3. The molecule has 1 N–H and O–H groups in total. The smallest absolute Gasteiger partial charge is 0.266 e. The predicted octanol–water partition coefficient (Wildman–Crippen LogP) is 4.07. The number of para-hydroxylation sites is 1. The first-order valence-electron chi connectivity index (χ1n) is 10.8. The summed E-state index contributed by atoms with van der Waals surface area (Å²) in [6, 6.07) is 18.0. The molecule has 35 heavy (non-hydrogen) atoms. The number of rotatable bonds is 8. The normalized spacial score (nSPS) is 11.9. The fraction of sp³-hybridized carbons (Fsp3) is 0.154. The largest absolute Gasteiger partial charge is 0.345 e. The highest BCUT2D eigenvalue weighted by Gasteiger charge is 2.20. The van der Waals surface area contributed by atoms with Crippen molar-refractivity contribution >= 4 is 34.4 Å². The molecular weight excluding hydrogens is 472 g/mol. The van der Waals surface area contributed by atoms with Gasteiger partial charge in [0.05, 0.1) is 28.4 Å². The number of halogens is 2. The zero-order valence-electron chi connectivity index (χ0n) is 18.7. The van der Waals surface area contributed by atoms with Gasteiger partial charge in [0.1, 0.15) is 11.6 Å². The number of ketones is 1. The van der Waals surface area contributed by atoms with E-state index in [1.54, 1.807) is 24.3 Å². The first-order valence-corrected chi connectivity index (χ1v) is 11.8. The van der Waals surface area contributed by atoms with E-state index in [4.69, 9.17) is 0 Å². The fourth-order valence-electron chi connectivity index (χ4n) is 3.60. The van der Waals surface area contributed by atoms with Gasteiger partial charge in [0.2, 0.25) is 5.91 Å². The molecule has 0 saturated carbocycles. The van der Waals surface area contributed by atoms with E-state index < -0.39 is 29.1 Å². The average molecular weight is 494 g/mol. The van der Waals surface area contributed by atoms with Crippen LogP contribution in [0.2, 0.25) is 0 Å². The topological polar surface area (TPSA) is 81.1 Å². The Labute approximate surface area is 204 Å². The van der Waals surface area contributed by atoms with Gasteiger partial charge < -0.3 is 5.32 Å². The van der Waals surface area contributed by atoms with Crippen molar-refractivity contribution in [2.45, 2.75) is 24.5 Å². The summed E-state index contributed by atoms with van der Waals surface area (Å²) in [5.41, 5.74) is 0.556. The maximum absolute atomic E-state index is 14.6. The molecule has 1 atom stereocenters. The summed E-state index contributed by atoms with van der Waals surface area (Å²) in [5.74, 6) is -2.53. The second-order valence-corrected chi connectivity index (χ2v) is 8.80. The van der Waals surface area contributed by atoms with E-state index in [0.29, 0.717) is 18.0 Å². The van der Waals surface area contributed by atoms with E-state index in [9.17, 15) is 23.2 Å². The molecule has 0 aliphatic rings. The lowest BCUT2D eigenvalue weighted by molar-refractivity contribution is -0.125. The van der Waals surface area contributed by atoms with Gasteiger partial charge in [-0.05, 0) is 43.2 Å². The number of carbonyl (C=O) groups excluding carboxylic acids is 2. The second kappa shape index (κ2) is 10.6. The van der Waals surface area contributed by atoms with Gasteiger partial charge in [-0.15, -0.1) is 0 Å². The van der Waals surface area contributed by atoms with Crippen LogP contribution < -0.4 is 10.9 Å². The molecule has 1 unspecified atom stereocenters. The summed E-state index contributed by atoms with van der Waals surface area (Å²) in [6.45, 7) is 1.40. The standard InChI is InChI=1S/C26H21F2N3O3S/c1-16(32)22(13-17-7-3-2-4-8-17)29-24(33)15-35-26-30-21-10-6-5-9-19(21)25(34)31(26)23-12-11-18(27)14-20(23)28/h2-12,14,22H,13,15H2,1H3,(H,29,33). The third-order valence-corrected chi connectivity index (χ3v) is 6.28. The van der Waals surface area contributed by atoms with Crippen LogP contribution in [0.25, 0.3) is 16.6 Å². The van der Waals surface area contributed by atoms with Crippen LogP contribution in [0, 0.1) is 11.6 Å². The molecule has 0 saturated heterocycles. The van der Waals surface area contributed by atoms with Crippen molar-refractivity contribution < 1.29 is 18.4 Å². The van der Waals surface area contributed by atoms with Crippen molar-refractivity contribution in [3.8, 4) is 5.69 Å². The van der Waals surface area contributed by atoms with E-state index in [-0.39, 0.29) is 27.8 Å². The Morgan fingerprint density at radius 3 is 2.46 bits per heavy atom. The summed E-state index contributed by atoms with van der Waals surface area (Å²) in [5, 5.41) is 3.04. The number of amides is 1. The molecule has 0 bridgehead atoms. The summed E-state index contributed by atoms with van der Waals surface area (Å²) < 4.78 is 29.1. The molecule has 4 aromatic rings. The Hall–Kier alpha value is -3.85. The van der Waals surface area contributed by atoms with Crippen LogP contribution in [0.4, 0.5) is 8.78 Å². The van der Waals surface area contributed by atoms with Crippen LogP contribution >= 0.6 is 11.8 Å². The lowest BCUT2D eigenvalue weighted by atomic mass is 10.0. The molecule has 0 spiro atoms. The molecule has 4 rings (SSSR count). The minimum atomic E-state index is -0.935. The van der Waals surface area contributed by atoms with Gasteiger partial charge in [-0.1, -0.05) is 54.2 Å². The monoisotopic (exact) mass is 493 g/mol. The van der Waals surface area contributed by atoms with Crippen LogP contribution in [0.1, 0.15) is 12.5 Å². The Morgan fingerprint density at radius 1 is 1.03 bits per heavy atom. The number of fused-ring (bicyclic) bond motifs is 1. The van der Waals surface area contributed by atoms with Crippen molar-refractivity contribution in [2.75, 3.05) is 5.75 Å². The molecular formula is C26H21F2N3O3S. The van der Waals surface area contributed by atoms with Crippen molar-refractivity contribution in [3.05, 3.63) is 100 Å². The maximum Gasteiger partial charge on any atom is 0.266 e.